The highest BCUT2D eigenvalue weighted by atomic mass is 32.2. The summed E-state index contributed by atoms with van der Waals surface area (Å²) in [6, 6.07) is -3.32. The molecule has 0 radical (unpaired) electrons. The summed E-state index contributed by atoms with van der Waals surface area (Å²) in [4.78, 5) is 41.8. The number of nitrogens with zero attached hydrogens (tertiary/aromatic N) is 1. The molecule has 0 aromatic heterocycles. The topological polar surface area (TPSA) is 225 Å². The molecule has 2 amide bonds. The average molecular weight is 683 g/mol. The number of aliphatic imine (C=N–C) groups is 1. The van der Waals surface area contributed by atoms with Gasteiger partial charge in [0.1, 0.15) is 17.4 Å². The molecule has 0 saturated heterocycles. The average Bonchev–Trinajstić information content (AvgIpc) is 3.25. The van der Waals surface area contributed by atoms with Crippen molar-refractivity contribution in [1.82, 2.24) is 15.4 Å². The predicted octanol–water partition coefficient (Wildman–Crippen LogP) is 1.94. The second-order valence-electron chi connectivity index (χ2n) is 14.2. The van der Waals surface area contributed by atoms with Crippen LogP contribution in [-0.2, 0) is 35.6 Å². The lowest BCUT2D eigenvalue weighted by Crippen LogP contribution is -2.55. The van der Waals surface area contributed by atoms with Gasteiger partial charge >= 0.3 is 5.97 Å². The summed E-state index contributed by atoms with van der Waals surface area (Å²) in [5.41, 5.74) is 13.8. The molecule has 0 aliphatic carbocycles. The molecule has 1 aliphatic heterocycles. The zero-order valence-electron chi connectivity index (χ0n) is 29.4. The van der Waals surface area contributed by atoms with Crippen LogP contribution < -0.4 is 31.6 Å². The van der Waals surface area contributed by atoms with E-state index >= 15 is 0 Å². The zero-order valence-corrected chi connectivity index (χ0v) is 30.2. The highest BCUT2D eigenvalue weighted by Crippen LogP contribution is 2.43. The van der Waals surface area contributed by atoms with Crippen LogP contribution in [-0.4, -0.2) is 79.7 Å². The van der Waals surface area contributed by atoms with Crippen LogP contribution in [0.4, 0.5) is 0 Å². The number of hydrogen-bond acceptors (Lipinski definition) is 9. The molecule has 47 heavy (non-hydrogen) atoms. The van der Waals surface area contributed by atoms with Gasteiger partial charge in [0.2, 0.25) is 17.8 Å². The lowest BCUT2D eigenvalue weighted by molar-refractivity contribution is -0.145. The Morgan fingerprint density at radius 3 is 2.19 bits per heavy atom. The third-order valence-corrected chi connectivity index (χ3v) is 9.36. The molecule has 8 N–H and O–H groups in total. The number of carbonyl (C=O) groups is 3. The lowest BCUT2D eigenvalue weighted by Gasteiger charge is -2.26. The normalized spacial score (nSPS) is 16.6. The number of carboxylic acids is 1. The monoisotopic (exact) mass is 682 g/mol. The van der Waals surface area contributed by atoms with E-state index in [1.807, 2.05) is 34.6 Å². The quantitative estimate of drug-likeness (QED) is 0.0896. The van der Waals surface area contributed by atoms with Crippen LogP contribution in [0.25, 0.3) is 0 Å². The van der Waals surface area contributed by atoms with E-state index in [0.717, 1.165) is 16.9 Å². The molecule has 15 heteroatoms. The Kier molecular flexibility index (Phi) is 13.2. The van der Waals surface area contributed by atoms with Crippen molar-refractivity contribution in [3.8, 4) is 5.75 Å². The molecule has 0 spiro atoms. The van der Waals surface area contributed by atoms with Gasteiger partial charge in [-0.25, -0.2) is 17.9 Å². The molecule has 3 atom stereocenters. The largest absolute Gasteiger partial charge is 0.487 e. The first-order valence-electron chi connectivity index (χ1n) is 15.8. The first-order valence-corrected chi connectivity index (χ1v) is 17.3. The van der Waals surface area contributed by atoms with Gasteiger partial charge < -0.3 is 36.7 Å². The Hall–Kier alpha value is -3.43. The summed E-state index contributed by atoms with van der Waals surface area (Å²) in [5.74, 6) is -2.08. The number of hydrogen-bond donors (Lipinski definition) is 6. The Bertz CT molecular complexity index is 1470. The van der Waals surface area contributed by atoms with Gasteiger partial charge in [-0.15, -0.1) is 0 Å². The van der Waals surface area contributed by atoms with Gasteiger partial charge in [-0.1, -0.05) is 13.8 Å². The van der Waals surface area contributed by atoms with Gasteiger partial charge in [0.25, 0.3) is 10.0 Å². The van der Waals surface area contributed by atoms with Crippen molar-refractivity contribution in [3.63, 3.8) is 0 Å². The van der Waals surface area contributed by atoms with Crippen LogP contribution in [0.2, 0.25) is 0 Å². The van der Waals surface area contributed by atoms with Crippen molar-refractivity contribution >= 4 is 33.8 Å². The maximum Gasteiger partial charge on any atom is 0.328 e. The number of aliphatic carboxylic acids is 1. The number of fused-ring (bicyclic) bond motifs is 1. The highest BCUT2D eigenvalue weighted by Gasteiger charge is 2.37. The molecule has 0 fully saturated rings. The predicted molar refractivity (Wildman–Crippen MR) is 180 cm³/mol. The Balaban J connectivity index is 2.00. The Morgan fingerprint density at radius 2 is 1.64 bits per heavy atom. The van der Waals surface area contributed by atoms with Crippen LogP contribution in [0.3, 0.4) is 0 Å². The number of carboxylic acid groups (broad SMARTS) is 1. The second-order valence-corrected chi connectivity index (χ2v) is 15.8. The Labute approximate surface area is 278 Å². The number of benzene rings is 1. The van der Waals surface area contributed by atoms with Crippen molar-refractivity contribution in [2.45, 2.75) is 129 Å². The fourth-order valence-corrected chi connectivity index (χ4v) is 6.80. The minimum Gasteiger partial charge on any atom is -0.487 e. The van der Waals surface area contributed by atoms with Crippen molar-refractivity contribution < 1.29 is 37.4 Å². The maximum atomic E-state index is 13.4. The first kappa shape index (κ1) is 39.7. The SMILES string of the molecule is Cc1c(C)c(S(=O)(=O)NC(N)=NCCC[C@H](N)C(=O)N[C@@H](CC(C)C)C(=O)N[C@@H](COC(C)(C)C)C(=O)O)c(C)c2c1OC(C)(C)C2. The summed E-state index contributed by atoms with van der Waals surface area (Å²) < 4.78 is 40.7. The molecule has 0 unspecified atom stereocenters. The number of amides is 2. The van der Waals surface area contributed by atoms with Crippen LogP contribution in [0.1, 0.15) is 90.0 Å². The smallest absolute Gasteiger partial charge is 0.328 e. The number of ether oxygens (including phenoxy) is 2. The standard InChI is InChI=1S/C32H54N6O8S/c1-17(2)14-23(28(40)37-24(29(41)42)16-45-31(6,7)8)36-27(39)22(33)12-11-13-35-30(34)38-47(43,44)26-19(4)18(3)25-21(20(26)5)15-32(9,10)46-25/h17,22-24H,11-16,33H2,1-10H3,(H,36,39)(H,37,40)(H,41,42)(H3,34,35,38)/t22-,23-,24-/m0/s1. The minimum absolute atomic E-state index is 0.00550. The van der Waals surface area contributed by atoms with E-state index in [2.05, 4.69) is 20.3 Å². The summed E-state index contributed by atoms with van der Waals surface area (Å²) >= 11 is 0. The summed E-state index contributed by atoms with van der Waals surface area (Å²) in [6.07, 6.45) is 1.30. The third-order valence-electron chi connectivity index (χ3n) is 7.73. The molecule has 1 aromatic carbocycles. The number of carbonyl (C=O) groups excluding carboxylic acids is 2. The highest BCUT2D eigenvalue weighted by molar-refractivity contribution is 7.90. The molecular weight excluding hydrogens is 628 g/mol. The van der Waals surface area contributed by atoms with Gasteiger partial charge in [-0.3, -0.25) is 14.6 Å². The zero-order chi connectivity index (χ0) is 36.1. The molecular formula is C32H54N6O8S. The van der Waals surface area contributed by atoms with Crippen molar-refractivity contribution in [2.75, 3.05) is 13.2 Å². The molecule has 1 aliphatic rings. The van der Waals surface area contributed by atoms with E-state index in [9.17, 15) is 27.9 Å². The summed E-state index contributed by atoms with van der Waals surface area (Å²) in [6.45, 7) is 18.1. The van der Waals surface area contributed by atoms with Crippen LogP contribution in [0, 0.1) is 26.7 Å². The van der Waals surface area contributed by atoms with Crippen molar-refractivity contribution in [3.05, 3.63) is 22.3 Å². The van der Waals surface area contributed by atoms with Crippen LogP contribution in [0.5, 0.6) is 5.75 Å². The number of rotatable bonds is 15. The number of nitrogens with one attached hydrogen (secondary N) is 3. The van der Waals surface area contributed by atoms with E-state index < -0.39 is 57.1 Å². The number of guanidine groups is 1. The third kappa shape index (κ3) is 11.4. The molecule has 0 saturated carbocycles. The van der Waals surface area contributed by atoms with E-state index in [0.29, 0.717) is 24.0 Å². The fraction of sp³-hybridized carbons (Fsp3) is 0.688. The second kappa shape index (κ2) is 15.6. The van der Waals surface area contributed by atoms with E-state index in [1.165, 1.54) is 0 Å². The maximum absolute atomic E-state index is 13.4. The summed E-state index contributed by atoms with van der Waals surface area (Å²) in [5, 5.41) is 14.6. The van der Waals surface area contributed by atoms with Crippen molar-refractivity contribution in [2.24, 2.45) is 22.4 Å². The van der Waals surface area contributed by atoms with E-state index in [1.54, 1.807) is 34.6 Å². The van der Waals surface area contributed by atoms with E-state index in [4.69, 9.17) is 20.9 Å². The molecule has 0 bridgehead atoms. The molecule has 266 valence electrons. The summed E-state index contributed by atoms with van der Waals surface area (Å²) in [7, 11) is -4.06. The molecule has 1 aromatic rings. The van der Waals surface area contributed by atoms with E-state index in [-0.39, 0.29) is 42.8 Å². The molecule has 14 nitrogen and oxygen atoms in total. The molecule has 2 rings (SSSR count). The number of nitrogens with two attached hydrogens (primary N) is 2. The fourth-order valence-electron chi connectivity index (χ4n) is 5.27. The van der Waals surface area contributed by atoms with Gasteiger partial charge in [0.05, 0.1) is 23.1 Å². The van der Waals surface area contributed by atoms with Crippen molar-refractivity contribution in [1.29, 1.82) is 0 Å². The van der Waals surface area contributed by atoms with Crippen LogP contribution >= 0.6 is 0 Å². The molecule has 1 heterocycles. The number of sulfonamides is 1. The van der Waals surface area contributed by atoms with Gasteiger partial charge in [-0.2, -0.15) is 0 Å². The van der Waals surface area contributed by atoms with Gasteiger partial charge in [0, 0.05) is 18.5 Å². The first-order chi connectivity index (χ1) is 21.5. The Morgan fingerprint density at radius 1 is 1.04 bits per heavy atom. The minimum atomic E-state index is -4.06. The van der Waals surface area contributed by atoms with Gasteiger partial charge in [0.15, 0.2) is 6.04 Å². The lowest BCUT2D eigenvalue weighted by atomic mass is 9.94. The van der Waals surface area contributed by atoms with Crippen LogP contribution in [0.15, 0.2) is 9.89 Å². The van der Waals surface area contributed by atoms with Gasteiger partial charge in [-0.05, 0) is 97.3 Å².